The van der Waals surface area contributed by atoms with Gasteiger partial charge in [-0.2, -0.15) is 0 Å². The van der Waals surface area contributed by atoms with E-state index in [0.717, 1.165) is 5.56 Å². The number of pyridine rings is 1. The van der Waals surface area contributed by atoms with Gasteiger partial charge in [0.05, 0.1) is 5.56 Å². The Morgan fingerprint density at radius 1 is 1.00 bits per heavy atom. The van der Waals surface area contributed by atoms with Crippen LogP contribution in [0, 0.1) is 0 Å². The molecule has 0 atom stereocenters. The first-order valence-electron chi connectivity index (χ1n) is 11.1. The predicted molar refractivity (Wildman–Crippen MR) is 129 cm³/mol. The normalized spacial score (nSPS) is 13.4. The monoisotopic (exact) mass is 497 g/mol. The Labute approximate surface area is 206 Å². The molecule has 0 fully saturated rings. The highest BCUT2D eigenvalue weighted by atomic mass is 19.3. The number of nitrogens with one attached hydrogen (secondary N) is 3. The van der Waals surface area contributed by atoms with Crippen LogP contribution in [0.25, 0.3) is 0 Å². The molecule has 9 nitrogen and oxygen atoms in total. The number of carbonyl (C=O) groups excluding carboxylic acids is 2. The van der Waals surface area contributed by atoms with Crippen LogP contribution in [0.4, 0.5) is 20.2 Å². The minimum Gasteiger partial charge on any atom is -0.395 e. The number of aromatic nitrogens is 1. The van der Waals surface area contributed by atoms with Crippen LogP contribution in [0.2, 0.25) is 0 Å². The Bertz CT molecular complexity index is 1270. The van der Waals surface area contributed by atoms with E-state index in [-0.39, 0.29) is 23.1 Å². The van der Waals surface area contributed by atoms with E-state index in [1.54, 1.807) is 42.6 Å². The molecule has 36 heavy (non-hydrogen) atoms. The second kappa shape index (κ2) is 10.6. The maximum absolute atomic E-state index is 13.3. The molecule has 0 bridgehead atoms. The van der Waals surface area contributed by atoms with E-state index in [4.69, 9.17) is 0 Å². The van der Waals surface area contributed by atoms with Crippen molar-refractivity contribution in [2.75, 3.05) is 37.8 Å². The third-order valence-corrected chi connectivity index (χ3v) is 5.22. The van der Waals surface area contributed by atoms with Crippen molar-refractivity contribution < 1.29 is 27.8 Å². The second-order valence-electron chi connectivity index (χ2n) is 8.29. The molecule has 2 heterocycles. The molecule has 2 aromatic carbocycles. The molecular weight excluding hydrogens is 472 g/mol. The second-order valence-corrected chi connectivity index (χ2v) is 8.29. The van der Waals surface area contributed by atoms with Crippen molar-refractivity contribution in [3.63, 3.8) is 0 Å². The van der Waals surface area contributed by atoms with Gasteiger partial charge in [0.25, 0.3) is 11.8 Å². The molecule has 188 valence electrons. The first-order valence-corrected chi connectivity index (χ1v) is 11.1. The van der Waals surface area contributed by atoms with Gasteiger partial charge in [-0.3, -0.25) is 14.6 Å². The van der Waals surface area contributed by atoms with Crippen molar-refractivity contribution in [2.24, 2.45) is 0 Å². The molecule has 0 radical (unpaired) electrons. The third kappa shape index (κ3) is 6.25. The lowest BCUT2D eigenvalue weighted by Crippen LogP contribution is -2.31. The summed E-state index contributed by atoms with van der Waals surface area (Å²) in [6, 6.07) is 14.3. The van der Waals surface area contributed by atoms with Crippen LogP contribution in [-0.4, -0.2) is 55.2 Å². The van der Waals surface area contributed by atoms with Gasteiger partial charge in [0.2, 0.25) is 0 Å². The number of fused-ring (bicyclic) bond motifs is 1. The van der Waals surface area contributed by atoms with Gasteiger partial charge in [-0.25, -0.2) is 0 Å². The number of likely N-dealkylation sites (N-methyl/N-ethyl adjacent to an activating group) is 1. The van der Waals surface area contributed by atoms with E-state index < -0.39 is 12.2 Å². The number of rotatable bonds is 9. The lowest BCUT2D eigenvalue weighted by atomic mass is 10.1. The maximum Gasteiger partial charge on any atom is 0.586 e. The number of anilines is 2. The quantitative estimate of drug-likeness (QED) is 0.415. The fourth-order valence-corrected chi connectivity index (χ4v) is 3.45. The Morgan fingerprint density at radius 2 is 1.78 bits per heavy atom. The van der Waals surface area contributed by atoms with E-state index in [1.165, 1.54) is 18.2 Å². The smallest absolute Gasteiger partial charge is 0.395 e. The number of para-hydroxylation sites is 1. The Hall–Kier alpha value is -4.25. The van der Waals surface area contributed by atoms with Gasteiger partial charge < -0.3 is 30.3 Å². The number of halogens is 2. The zero-order valence-corrected chi connectivity index (χ0v) is 19.7. The van der Waals surface area contributed by atoms with Crippen molar-refractivity contribution in [1.29, 1.82) is 0 Å². The van der Waals surface area contributed by atoms with E-state index in [0.29, 0.717) is 36.6 Å². The predicted octanol–water partition coefficient (Wildman–Crippen LogP) is 3.56. The van der Waals surface area contributed by atoms with Crippen LogP contribution in [0.15, 0.2) is 60.8 Å². The van der Waals surface area contributed by atoms with Crippen molar-refractivity contribution >= 4 is 23.2 Å². The number of hydrogen-bond donors (Lipinski definition) is 3. The van der Waals surface area contributed by atoms with Crippen molar-refractivity contribution in [3.05, 3.63) is 77.6 Å². The zero-order valence-electron chi connectivity index (χ0n) is 19.7. The van der Waals surface area contributed by atoms with Crippen LogP contribution in [0.5, 0.6) is 11.5 Å². The summed E-state index contributed by atoms with van der Waals surface area (Å²) in [7, 11) is 3.84. The van der Waals surface area contributed by atoms with Crippen LogP contribution in [0.1, 0.15) is 26.4 Å². The highest BCUT2D eigenvalue weighted by Gasteiger charge is 2.43. The summed E-state index contributed by atoms with van der Waals surface area (Å²) in [5, 5.41) is 8.71. The minimum atomic E-state index is -3.73. The molecule has 1 aliphatic heterocycles. The maximum atomic E-state index is 13.3. The topological polar surface area (TPSA) is 105 Å². The van der Waals surface area contributed by atoms with Crippen molar-refractivity contribution in [3.8, 4) is 11.5 Å². The number of benzene rings is 2. The van der Waals surface area contributed by atoms with Crippen LogP contribution >= 0.6 is 0 Å². The number of nitrogens with zero attached hydrogens (tertiary/aromatic N) is 2. The molecule has 1 aromatic heterocycles. The van der Waals surface area contributed by atoms with E-state index in [1.807, 2.05) is 19.0 Å². The molecule has 0 saturated carbocycles. The standard InChI is InChI=1S/C25H25F2N5O4/c1-32(2)12-11-29-24(34)20-13-16(9-10-28-20)15-30-19-6-4-3-5-18(19)23(33)31-17-7-8-21-22(14-17)36-25(26,27)35-21/h3-10,13-14,30H,11-12,15H2,1-2H3,(H,29,34)(H,31,33). The average Bonchev–Trinajstić information content (AvgIpc) is 3.15. The summed E-state index contributed by atoms with van der Waals surface area (Å²) in [6.07, 6.45) is -2.18. The Morgan fingerprint density at radius 3 is 2.58 bits per heavy atom. The first kappa shape index (κ1) is 24.9. The molecule has 0 unspecified atom stereocenters. The number of amides is 2. The van der Waals surface area contributed by atoms with Crippen molar-refractivity contribution in [2.45, 2.75) is 12.8 Å². The zero-order chi connectivity index (χ0) is 25.7. The molecular formula is C25H25F2N5O4. The molecule has 2 amide bonds. The van der Waals surface area contributed by atoms with E-state index in [2.05, 4.69) is 30.4 Å². The summed E-state index contributed by atoms with van der Waals surface area (Å²) in [4.78, 5) is 31.4. The number of hydrogen-bond acceptors (Lipinski definition) is 7. The number of alkyl halides is 2. The summed E-state index contributed by atoms with van der Waals surface area (Å²) in [5.41, 5.74) is 2.27. The lowest BCUT2D eigenvalue weighted by Gasteiger charge is -2.13. The van der Waals surface area contributed by atoms with Crippen LogP contribution in [-0.2, 0) is 6.54 Å². The highest BCUT2D eigenvalue weighted by Crippen LogP contribution is 2.42. The van der Waals surface area contributed by atoms with Gasteiger partial charge in [0.15, 0.2) is 11.5 Å². The Kier molecular flexibility index (Phi) is 7.30. The first-order chi connectivity index (χ1) is 17.2. The summed E-state index contributed by atoms with van der Waals surface area (Å²) in [5.74, 6) is -0.981. The molecule has 4 rings (SSSR count). The summed E-state index contributed by atoms with van der Waals surface area (Å²) < 4.78 is 35.3. The van der Waals surface area contributed by atoms with E-state index >= 15 is 0 Å². The van der Waals surface area contributed by atoms with E-state index in [9.17, 15) is 18.4 Å². The minimum absolute atomic E-state index is 0.108. The molecule has 3 aromatic rings. The SMILES string of the molecule is CN(C)CCNC(=O)c1cc(CNc2ccccc2C(=O)Nc2ccc3c(c2)OC(F)(F)O3)ccn1. The number of ether oxygens (including phenoxy) is 2. The summed E-state index contributed by atoms with van der Waals surface area (Å²) >= 11 is 0. The van der Waals surface area contributed by atoms with Gasteiger partial charge in [0.1, 0.15) is 5.69 Å². The third-order valence-electron chi connectivity index (χ3n) is 5.22. The molecule has 3 N–H and O–H groups in total. The lowest BCUT2D eigenvalue weighted by molar-refractivity contribution is -0.286. The van der Waals surface area contributed by atoms with Gasteiger partial charge in [0, 0.05) is 43.3 Å². The van der Waals surface area contributed by atoms with Gasteiger partial charge in [-0.1, -0.05) is 12.1 Å². The molecule has 0 spiro atoms. The van der Waals surface area contributed by atoms with Crippen LogP contribution < -0.4 is 25.4 Å². The molecule has 11 heteroatoms. The largest absolute Gasteiger partial charge is 0.586 e. The summed E-state index contributed by atoms with van der Waals surface area (Å²) in [6.45, 7) is 1.55. The number of carbonyl (C=O) groups is 2. The Balaban J connectivity index is 1.40. The fourth-order valence-electron chi connectivity index (χ4n) is 3.45. The van der Waals surface area contributed by atoms with Crippen LogP contribution in [0.3, 0.4) is 0 Å². The van der Waals surface area contributed by atoms with Crippen molar-refractivity contribution in [1.82, 2.24) is 15.2 Å². The molecule has 0 saturated heterocycles. The highest BCUT2D eigenvalue weighted by molar-refractivity contribution is 6.08. The van der Waals surface area contributed by atoms with Gasteiger partial charge in [-0.15, -0.1) is 8.78 Å². The van der Waals surface area contributed by atoms with Gasteiger partial charge in [-0.05, 0) is 56.1 Å². The molecule has 1 aliphatic rings. The van der Waals surface area contributed by atoms with Gasteiger partial charge >= 0.3 is 6.29 Å². The average molecular weight is 498 g/mol. The molecule has 0 aliphatic carbocycles. The fraction of sp³-hybridized carbons (Fsp3) is 0.240.